The maximum Gasteiger partial charge on any atom is 0.337 e. The van der Waals surface area contributed by atoms with E-state index in [4.69, 9.17) is 10.5 Å². The first-order valence-corrected chi connectivity index (χ1v) is 5.69. The lowest BCUT2D eigenvalue weighted by molar-refractivity contribution is 0.0600. The van der Waals surface area contributed by atoms with Gasteiger partial charge in [-0.3, -0.25) is 0 Å². The van der Waals surface area contributed by atoms with Gasteiger partial charge in [0.05, 0.1) is 12.7 Å². The van der Waals surface area contributed by atoms with Crippen molar-refractivity contribution in [3.8, 4) is 0 Å². The molecule has 86 valence electrons. The second-order valence-electron chi connectivity index (χ2n) is 4.36. The number of rotatable bonds is 2. The van der Waals surface area contributed by atoms with Crippen LogP contribution in [0, 0.1) is 0 Å². The molecule has 2 N–H and O–H groups in total. The molecule has 1 aliphatic carbocycles. The fraction of sp³-hybridized carbons (Fsp3) is 0.462. The summed E-state index contributed by atoms with van der Waals surface area (Å²) in [6.45, 7) is 0. The van der Waals surface area contributed by atoms with Crippen molar-refractivity contribution in [2.75, 3.05) is 12.8 Å². The first-order valence-electron chi connectivity index (χ1n) is 5.69. The van der Waals surface area contributed by atoms with Crippen molar-refractivity contribution in [2.45, 2.75) is 31.6 Å². The third-order valence-corrected chi connectivity index (χ3v) is 3.23. The molecular weight excluding hydrogens is 202 g/mol. The molecule has 0 aliphatic heterocycles. The predicted molar refractivity (Wildman–Crippen MR) is 63.4 cm³/mol. The van der Waals surface area contributed by atoms with Crippen LogP contribution < -0.4 is 5.73 Å². The van der Waals surface area contributed by atoms with E-state index in [0.717, 1.165) is 0 Å². The number of anilines is 1. The van der Waals surface area contributed by atoms with Crippen LogP contribution in [-0.2, 0) is 4.74 Å². The van der Waals surface area contributed by atoms with Crippen LogP contribution in [0.15, 0.2) is 18.2 Å². The number of carbonyl (C=O) groups excluding carboxylic acids is 1. The third kappa shape index (κ3) is 2.18. The van der Waals surface area contributed by atoms with Gasteiger partial charge >= 0.3 is 5.97 Å². The highest BCUT2D eigenvalue weighted by molar-refractivity contribution is 5.90. The molecule has 0 aromatic heterocycles. The van der Waals surface area contributed by atoms with Crippen LogP contribution in [0.25, 0.3) is 0 Å². The largest absolute Gasteiger partial charge is 0.465 e. The van der Waals surface area contributed by atoms with Gasteiger partial charge in [0.25, 0.3) is 0 Å². The molecule has 1 aromatic carbocycles. The van der Waals surface area contributed by atoms with Gasteiger partial charge in [-0.25, -0.2) is 4.79 Å². The van der Waals surface area contributed by atoms with E-state index in [1.165, 1.54) is 38.4 Å². The standard InChI is InChI=1S/C13H17NO2/c1-16-13(15)11-6-10(7-12(14)8-11)9-4-2-3-5-9/h6-9H,2-5,14H2,1H3. The van der Waals surface area contributed by atoms with Crippen LogP contribution in [0.2, 0.25) is 0 Å². The van der Waals surface area contributed by atoms with Crippen LogP contribution >= 0.6 is 0 Å². The Morgan fingerprint density at radius 3 is 2.62 bits per heavy atom. The van der Waals surface area contributed by atoms with E-state index in [1.54, 1.807) is 6.07 Å². The number of nitrogen functional groups attached to an aromatic ring is 1. The zero-order chi connectivity index (χ0) is 11.5. The number of nitrogens with two attached hydrogens (primary N) is 1. The van der Waals surface area contributed by atoms with Crippen LogP contribution in [-0.4, -0.2) is 13.1 Å². The fourth-order valence-corrected chi connectivity index (χ4v) is 2.41. The Bertz CT molecular complexity index is 395. The SMILES string of the molecule is COC(=O)c1cc(N)cc(C2CCCC2)c1. The number of carbonyl (C=O) groups is 1. The van der Waals surface area contributed by atoms with Gasteiger partial charge < -0.3 is 10.5 Å². The zero-order valence-corrected chi connectivity index (χ0v) is 9.53. The van der Waals surface area contributed by atoms with Crippen molar-refractivity contribution in [3.63, 3.8) is 0 Å². The normalized spacial score (nSPS) is 16.3. The Balaban J connectivity index is 2.31. The lowest BCUT2D eigenvalue weighted by Gasteiger charge is -2.11. The highest BCUT2D eigenvalue weighted by Crippen LogP contribution is 2.35. The number of benzene rings is 1. The summed E-state index contributed by atoms with van der Waals surface area (Å²) in [4.78, 5) is 11.5. The lowest BCUT2D eigenvalue weighted by Crippen LogP contribution is -2.04. The quantitative estimate of drug-likeness (QED) is 0.614. The number of ether oxygens (including phenoxy) is 1. The molecule has 16 heavy (non-hydrogen) atoms. The summed E-state index contributed by atoms with van der Waals surface area (Å²) in [6.07, 6.45) is 4.94. The summed E-state index contributed by atoms with van der Waals surface area (Å²) in [5, 5.41) is 0. The van der Waals surface area contributed by atoms with E-state index in [9.17, 15) is 4.79 Å². The van der Waals surface area contributed by atoms with Gasteiger partial charge in [-0.05, 0) is 42.5 Å². The minimum atomic E-state index is -0.313. The molecule has 1 aromatic rings. The van der Waals surface area contributed by atoms with Crippen LogP contribution in [0.1, 0.15) is 47.5 Å². The summed E-state index contributed by atoms with van der Waals surface area (Å²) in [5.41, 5.74) is 8.19. The fourth-order valence-electron chi connectivity index (χ4n) is 2.41. The Morgan fingerprint density at radius 1 is 1.31 bits per heavy atom. The average molecular weight is 219 g/mol. The van der Waals surface area contributed by atoms with Gasteiger partial charge in [0.2, 0.25) is 0 Å². The molecule has 1 fully saturated rings. The van der Waals surface area contributed by atoms with Crippen molar-refractivity contribution < 1.29 is 9.53 Å². The minimum absolute atomic E-state index is 0.313. The lowest BCUT2D eigenvalue weighted by atomic mass is 9.95. The first kappa shape index (κ1) is 11.0. The van der Waals surface area contributed by atoms with Crippen LogP contribution in [0.5, 0.6) is 0 Å². The van der Waals surface area contributed by atoms with Gasteiger partial charge in [-0.1, -0.05) is 12.8 Å². The molecule has 1 saturated carbocycles. The molecule has 0 amide bonds. The highest BCUT2D eigenvalue weighted by atomic mass is 16.5. The van der Waals surface area contributed by atoms with E-state index in [2.05, 4.69) is 0 Å². The molecule has 0 radical (unpaired) electrons. The molecular formula is C13H17NO2. The van der Waals surface area contributed by atoms with Crippen molar-refractivity contribution in [3.05, 3.63) is 29.3 Å². The number of hydrogen-bond acceptors (Lipinski definition) is 3. The molecule has 3 nitrogen and oxygen atoms in total. The van der Waals surface area contributed by atoms with Crippen molar-refractivity contribution in [1.82, 2.24) is 0 Å². The highest BCUT2D eigenvalue weighted by Gasteiger charge is 2.19. The minimum Gasteiger partial charge on any atom is -0.465 e. The number of hydrogen-bond donors (Lipinski definition) is 1. The van der Waals surface area contributed by atoms with E-state index in [-0.39, 0.29) is 5.97 Å². The summed E-state index contributed by atoms with van der Waals surface area (Å²) < 4.78 is 4.71. The molecule has 0 unspecified atom stereocenters. The second-order valence-corrected chi connectivity index (χ2v) is 4.36. The summed E-state index contributed by atoms with van der Waals surface area (Å²) in [7, 11) is 1.39. The summed E-state index contributed by atoms with van der Waals surface area (Å²) in [6, 6.07) is 5.56. The number of methoxy groups -OCH3 is 1. The van der Waals surface area contributed by atoms with E-state index in [0.29, 0.717) is 17.2 Å². The molecule has 0 bridgehead atoms. The Kier molecular flexibility index (Phi) is 3.13. The smallest absolute Gasteiger partial charge is 0.337 e. The van der Waals surface area contributed by atoms with Gasteiger partial charge in [-0.15, -0.1) is 0 Å². The molecule has 2 rings (SSSR count). The van der Waals surface area contributed by atoms with Gasteiger partial charge in [0.15, 0.2) is 0 Å². The van der Waals surface area contributed by atoms with Gasteiger partial charge in [-0.2, -0.15) is 0 Å². The molecule has 0 saturated heterocycles. The number of esters is 1. The first-order chi connectivity index (χ1) is 7.70. The Hall–Kier alpha value is -1.51. The second kappa shape index (κ2) is 4.56. The van der Waals surface area contributed by atoms with Crippen molar-refractivity contribution >= 4 is 11.7 Å². The monoisotopic (exact) mass is 219 g/mol. The van der Waals surface area contributed by atoms with Gasteiger partial charge in [0, 0.05) is 5.69 Å². The van der Waals surface area contributed by atoms with E-state index >= 15 is 0 Å². The molecule has 0 spiro atoms. The summed E-state index contributed by atoms with van der Waals surface area (Å²) >= 11 is 0. The van der Waals surface area contributed by atoms with Crippen LogP contribution in [0.3, 0.4) is 0 Å². The predicted octanol–water partition coefficient (Wildman–Crippen LogP) is 2.71. The van der Waals surface area contributed by atoms with Crippen molar-refractivity contribution in [2.24, 2.45) is 0 Å². The van der Waals surface area contributed by atoms with Crippen LogP contribution in [0.4, 0.5) is 5.69 Å². The van der Waals surface area contributed by atoms with Gasteiger partial charge in [0.1, 0.15) is 0 Å². The molecule has 0 heterocycles. The molecule has 3 heteroatoms. The Morgan fingerprint density at radius 2 is 2.00 bits per heavy atom. The Labute approximate surface area is 95.6 Å². The zero-order valence-electron chi connectivity index (χ0n) is 9.53. The van der Waals surface area contributed by atoms with E-state index in [1.807, 2.05) is 12.1 Å². The van der Waals surface area contributed by atoms with Crippen molar-refractivity contribution in [1.29, 1.82) is 0 Å². The summed E-state index contributed by atoms with van der Waals surface area (Å²) in [5.74, 6) is 0.249. The maximum absolute atomic E-state index is 11.5. The molecule has 1 aliphatic rings. The third-order valence-electron chi connectivity index (χ3n) is 3.23. The van der Waals surface area contributed by atoms with E-state index < -0.39 is 0 Å². The topological polar surface area (TPSA) is 52.3 Å². The maximum atomic E-state index is 11.5. The molecule has 0 atom stereocenters. The average Bonchev–Trinajstić information content (AvgIpc) is 2.80.